The van der Waals surface area contributed by atoms with Crippen molar-refractivity contribution in [2.45, 2.75) is 70.6 Å². The van der Waals surface area contributed by atoms with Crippen molar-refractivity contribution in [3.8, 4) is 0 Å². The van der Waals surface area contributed by atoms with Crippen LogP contribution in [0.15, 0.2) is 9.59 Å². The van der Waals surface area contributed by atoms with Crippen molar-refractivity contribution in [2.75, 3.05) is 6.61 Å². The zero-order valence-corrected chi connectivity index (χ0v) is 16.6. The van der Waals surface area contributed by atoms with Crippen LogP contribution in [0.3, 0.4) is 0 Å². The topological polar surface area (TPSA) is 96.3 Å². The Hall–Kier alpha value is -1.93. The molecule has 27 heavy (non-hydrogen) atoms. The Labute approximate surface area is 160 Å². The monoisotopic (exact) mass is 391 g/mol. The number of ether oxygens (including phenoxy) is 1. The highest BCUT2D eigenvalue weighted by molar-refractivity contribution is 7.18. The lowest BCUT2D eigenvalue weighted by Crippen LogP contribution is -2.47. The van der Waals surface area contributed by atoms with Gasteiger partial charge in [0.25, 0.3) is 5.56 Å². The van der Waals surface area contributed by atoms with Crippen LogP contribution in [0.1, 0.15) is 56.0 Å². The van der Waals surface area contributed by atoms with Gasteiger partial charge in [-0.05, 0) is 57.9 Å². The third-order valence-corrected chi connectivity index (χ3v) is 6.93. The minimum Gasteiger partial charge on any atom is -0.375 e. The Morgan fingerprint density at radius 2 is 2.04 bits per heavy atom. The average molecular weight is 391 g/mol. The van der Waals surface area contributed by atoms with Gasteiger partial charge in [-0.15, -0.1) is 11.3 Å². The third kappa shape index (κ3) is 3.14. The predicted molar refractivity (Wildman–Crippen MR) is 104 cm³/mol. The van der Waals surface area contributed by atoms with E-state index in [1.807, 2.05) is 13.8 Å². The molecule has 1 aliphatic carbocycles. The summed E-state index contributed by atoms with van der Waals surface area (Å²) < 4.78 is 8.52. The Morgan fingerprint density at radius 1 is 1.30 bits per heavy atom. The molecule has 0 aromatic carbocycles. The van der Waals surface area contributed by atoms with Crippen LogP contribution in [0.2, 0.25) is 0 Å². The molecule has 1 saturated heterocycles. The second-order valence-electron chi connectivity index (χ2n) is 8.16. The standard InChI is InChI=1S/C19H25N3O4S/c1-19(2)9-11(7-8-26-19)22-16(24)15-12-5-3-4-6-13(12)27-17(15)21(18(22)25)10-14(20)23/h11H,3-10H2,1-2H3,(H2,20,23). The Bertz CT molecular complexity index is 1030. The molecule has 2 aromatic heterocycles. The fourth-order valence-corrected chi connectivity index (χ4v) is 5.80. The summed E-state index contributed by atoms with van der Waals surface area (Å²) in [6, 6.07) is -0.239. The molecule has 1 atom stereocenters. The lowest BCUT2D eigenvalue weighted by molar-refractivity contribution is -0.118. The summed E-state index contributed by atoms with van der Waals surface area (Å²) in [6.45, 7) is 4.23. The molecule has 2 N–H and O–H groups in total. The Morgan fingerprint density at radius 3 is 2.74 bits per heavy atom. The molecule has 0 spiro atoms. The molecule has 1 unspecified atom stereocenters. The van der Waals surface area contributed by atoms with Gasteiger partial charge in [-0.3, -0.25) is 18.7 Å². The first-order valence-electron chi connectivity index (χ1n) is 9.50. The SMILES string of the molecule is CC1(C)CC(n2c(=O)c3c4c(sc3n(CC(N)=O)c2=O)CCCC4)CCO1. The van der Waals surface area contributed by atoms with Crippen molar-refractivity contribution in [3.63, 3.8) is 0 Å². The highest BCUT2D eigenvalue weighted by Crippen LogP contribution is 2.35. The van der Waals surface area contributed by atoms with E-state index in [9.17, 15) is 14.4 Å². The maximum atomic E-state index is 13.4. The fourth-order valence-electron chi connectivity index (χ4n) is 4.42. The lowest BCUT2D eigenvalue weighted by atomic mass is 9.93. The molecular weight excluding hydrogens is 366 g/mol. The minimum atomic E-state index is -0.581. The number of rotatable bonds is 3. The second kappa shape index (κ2) is 6.60. The van der Waals surface area contributed by atoms with Crippen LogP contribution in [-0.4, -0.2) is 27.2 Å². The van der Waals surface area contributed by atoms with E-state index in [0.717, 1.165) is 36.1 Å². The molecule has 0 bridgehead atoms. The van der Waals surface area contributed by atoms with Gasteiger partial charge in [0.05, 0.1) is 11.0 Å². The number of hydrogen-bond donors (Lipinski definition) is 1. The lowest BCUT2D eigenvalue weighted by Gasteiger charge is -2.36. The van der Waals surface area contributed by atoms with E-state index in [2.05, 4.69) is 0 Å². The van der Waals surface area contributed by atoms with E-state index in [-0.39, 0.29) is 18.1 Å². The van der Waals surface area contributed by atoms with E-state index < -0.39 is 17.2 Å². The van der Waals surface area contributed by atoms with Crippen LogP contribution < -0.4 is 17.0 Å². The molecule has 2 aromatic rings. The number of primary amides is 1. The molecule has 2 aliphatic rings. The number of carbonyl (C=O) groups is 1. The molecule has 0 radical (unpaired) electrons. The molecule has 7 nitrogen and oxygen atoms in total. The van der Waals surface area contributed by atoms with Gasteiger partial charge in [-0.25, -0.2) is 4.79 Å². The number of amides is 1. The number of nitrogens with zero attached hydrogens (tertiary/aromatic N) is 2. The summed E-state index contributed by atoms with van der Waals surface area (Å²) >= 11 is 1.47. The van der Waals surface area contributed by atoms with E-state index in [1.54, 1.807) is 0 Å². The summed E-state index contributed by atoms with van der Waals surface area (Å²) in [5.41, 5.74) is 5.42. The number of fused-ring (bicyclic) bond motifs is 3. The van der Waals surface area contributed by atoms with E-state index in [1.165, 1.54) is 20.5 Å². The smallest absolute Gasteiger partial charge is 0.332 e. The predicted octanol–water partition coefficient (Wildman–Crippen LogP) is 1.72. The van der Waals surface area contributed by atoms with E-state index in [0.29, 0.717) is 29.7 Å². The van der Waals surface area contributed by atoms with Crippen molar-refractivity contribution in [3.05, 3.63) is 31.3 Å². The molecule has 3 heterocycles. The zero-order valence-electron chi connectivity index (χ0n) is 15.7. The van der Waals surface area contributed by atoms with Crippen molar-refractivity contribution < 1.29 is 9.53 Å². The van der Waals surface area contributed by atoms with Crippen LogP contribution in [0.5, 0.6) is 0 Å². The van der Waals surface area contributed by atoms with Gasteiger partial charge >= 0.3 is 5.69 Å². The maximum absolute atomic E-state index is 13.4. The summed E-state index contributed by atoms with van der Waals surface area (Å²) in [4.78, 5) is 40.1. The fraction of sp³-hybridized carbons (Fsp3) is 0.632. The summed E-state index contributed by atoms with van der Waals surface area (Å²) in [6.07, 6.45) is 5.07. The number of thiophene rings is 1. The molecular formula is C19H25N3O4S. The van der Waals surface area contributed by atoms with Gasteiger partial charge in [0.2, 0.25) is 5.91 Å². The van der Waals surface area contributed by atoms with Gasteiger partial charge < -0.3 is 10.5 Å². The molecule has 1 fully saturated rings. The quantitative estimate of drug-likeness (QED) is 0.862. The number of aromatic nitrogens is 2. The van der Waals surface area contributed by atoms with Crippen molar-refractivity contribution in [1.82, 2.24) is 9.13 Å². The largest absolute Gasteiger partial charge is 0.375 e. The molecule has 0 saturated carbocycles. The van der Waals surface area contributed by atoms with E-state index in [4.69, 9.17) is 10.5 Å². The van der Waals surface area contributed by atoms with Crippen molar-refractivity contribution >= 4 is 27.5 Å². The maximum Gasteiger partial charge on any atom is 0.332 e. The summed E-state index contributed by atoms with van der Waals surface area (Å²) in [5, 5.41) is 0.611. The van der Waals surface area contributed by atoms with Crippen molar-refractivity contribution in [2.24, 2.45) is 5.73 Å². The number of carbonyl (C=O) groups excluding carboxylic acids is 1. The van der Waals surface area contributed by atoms with Gasteiger partial charge in [0.1, 0.15) is 11.4 Å². The molecule has 4 rings (SSSR count). The van der Waals surface area contributed by atoms with Crippen LogP contribution in [0.4, 0.5) is 0 Å². The third-order valence-electron chi connectivity index (χ3n) is 5.62. The molecule has 1 amide bonds. The zero-order chi connectivity index (χ0) is 19.3. The van der Waals surface area contributed by atoms with Crippen LogP contribution in [0, 0.1) is 0 Å². The normalized spacial score (nSPS) is 21.9. The average Bonchev–Trinajstić information content (AvgIpc) is 2.97. The van der Waals surface area contributed by atoms with Gasteiger partial charge in [0.15, 0.2) is 0 Å². The highest BCUT2D eigenvalue weighted by atomic mass is 32.1. The number of hydrogen-bond acceptors (Lipinski definition) is 5. The number of nitrogens with two attached hydrogens (primary N) is 1. The van der Waals surface area contributed by atoms with Crippen LogP contribution in [-0.2, 0) is 28.9 Å². The van der Waals surface area contributed by atoms with Gasteiger partial charge in [-0.2, -0.15) is 0 Å². The van der Waals surface area contributed by atoms with Gasteiger partial charge in [0, 0.05) is 17.5 Å². The Balaban J connectivity index is 2.00. The van der Waals surface area contributed by atoms with Gasteiger partial charge in [-0.1, -0.05) is 0 Å². The van der Waals surface area contributed by atoms with Crippen LogP contribution >= 0.6 is 11.3 Å². The second-order valence-corrected chi connectivity index (χ2v) is 9.24. The minimum absolute atomic E-state index is 0.207. The summed E-state index contributed by atoms with van der Waals surface area (Å²) in [7, 11) is 0. The van der Waals surface area contributed by atoms with Crippen molar-refractivity contribution in [1.29, 1.82) is 0 Å². The molecule has 1 aliphatic heterocycles. The first-order chi connectivity index (χ1) is 12.8. The van der Waals surface area contributed by atoms with E-state index >= 15 is 0 Å². The molecule has 146 valence electrons. The highest BCUT2D eigenvalue weighted by Gasteiger charge is 2.33. The van der Waals surface area contributed by atoms with Crippen LogP contribution in [0.25, 0.3) is 10.2 Å². The first-order valence-corrected chi connectivity index (χ1v) is 10.3. The first kappa shape index (κ1) is 18.4. The Kier molecular flexibility index (Phi) is 4.50. The molecule has 8 heteroatoms. The summed E-state index contributed by atoms with van der Waals surface area (Å²) in [5.74, 6) is -0.581. The number of aryl methyl sites for hydroxylation is 2.